The summed E-state index contributed by atoms with van der Waals surface area (Å²) in [5.74, 6) is -1.33. The van der Waals surface area contributed by atoms with E-state index < -0.39 is 33.3 Å². The standard InChI is InChI=1S/C22H18FN5O5S2/c1-25-17-10-12-8-9-28(21(30)15(12)11-16(17)23)14-4-2-13(3-5-14)26-22(31)27-35(32,33)19-7-6-18(34-19)20(24)29/h2-11,25H,1H3,(H2,24,29)(H2,26,27,31). The molecule has 0 aliphatic rings. The number of halogens is 1. The summed E-state index contributed by atoms with van der Waals surface area (Å²) < 4.78 is 41.7. The van der Waals surface area contributed by atoms with Gasteiger partial charge in [-0.1, -0.05) is 0 Å². The minimum Gasteiger partial charge on any atom is -0.386 e. The fraction of sp³-hybridized carbons (Fsp3) is 0.0455. The van der Waals surface area contributed by atoms with Gasteiger partial charge in [0.25, 0.3) is 21.5 Å². The molecule has 4 aromatic rings. The van der Waals surface area contributed by atoms with E-state index in [0.717, 1.165) is 0 Å². The van der Waals surface area contributed by atoms with Gasteiger partial charge in [-0.3, -0.25) is 14.2 Å². The molecule has 35 heavy (non-hydrogen) atoms. The average molecular weight is 516 g/mol. The molecule has 0 aliphatic heterocycles. The van der Waals surface area contributed by atoms with Gasteiger partial charge in [0.15, 0.2) is 0 Å². The number of carbonyl (C=O) groups is 2. The van der Waals surface area contributed by atoms with Crippen LogP contribution in [0.2, 0.25) is 0 Å². The van der Waals surface area contributed by atoms with E-state index in [2.05, 4.69) is 10.6 Å². The van der Waals surface area contributed by atoms with E-state index >= 15 is 0 Å². The van der Waals surface area contributed by atoms with Gasteiger partial charge >= 0.3 is 6.03 Å². The van der Waals surface area contributed by atoms with Gasteiger partial charge in [-0.05, 0) is 60.0 Å². The second-order valence-electron chi connectivity index (χ2n) is 7.25. The van der Waals surface area contributed by atoms with E-state index in [1.54, 1.807) is 25.4 Å². The highest BCUT2D eigenvalue weighted by Crippen LogP contribution is 2.22. The SMILES string of the molecule is CNc1cc2ccn(-c3ccc(NC(=O)NS(=O)(=O)c4ccc(C(N)=O)s4)cc3)c(=O)c2cc1F. The predicted molar refractivity (Wildman–Crippen MR) is 131 cm³/mol. The fourth-order valence-corrected chi connectivity index (χ4v) is 5.36. The number of benzene rings is 2. The molecular formula is C22H18FN5O5S2. The van der Waals surface area contributed by atoms with Crippen molar-refractivity contribution in [1.29, 1.82) is 0 Å². The molecule has 0 atom stereocenters. The second kappa shape index (κ2) is 9.19. The molecule has 0 fully saturated rings. The number of thiophene rings is 1. The molecule has 180 valence electrons. The smallest absolute Gasteiger partial charge is 0.333 e. The van der Waals surface area contributed by atoms with Crippen LogP contribution in [-0.4, -0.2) is 32.0 Å². The highest BCUT2D eigenvalue weighted by atomic mass is 32.2. The van der Waals surface area contributed by atoms with Crippen LogP contribution < -0.4 is 26.6 Å². The first-order valence-electron chi connectivity index (χ1n) is 9.95. The molecule has 4 rings (SSSR count). The Balaban J connectivity index is 1.51. The second-order valence-corrected chi connectivity index (χ2v) is 10.2. The van der Waals surface area contributed by atoms with Crippen LogP contribution in [0, 0.1) is 5.82 Å². The summed E-state index contributed by atoms with van der Waals surface area (Å²) in [6, 6.07) is 11.8. The van der Waals surface area contributed by atoms with Gasteiger partial charge in [-0.25, -0.2) is 22.3 Å². The van der Waals surface area contributed by atoms with Crippen molar-refractivity contribution in [2.45, 2.75) is 4.21 Å². The number of nitrogens with zero attached hydrogens (tertiary/aromatic N) is 1. The molecule has 0 radical (unpaired) electrons. The summed E-state index contributed by atoms with van der Waals surface area (Å²) in [7, 11) is -2.63. The number of rotatable bonds is 6. The quantitative estimate of drug-likeness (QED) is 0.310. The molecule has 2 aromatic heterocycles. The number of fused-ring (bicyclic) bond motifs is 1. The third-order valence-corrected chi connectivity index (χ3v) is 7.90. The van der Waals surface area contributed by atoms with Crippen LogP contribution in [0.1, 0.15) is 9.67 Å². The van der Waals surface area contributed by atoms with Gasteiger partial charge in [0.2, 0.25) is 0 Å². The highest BCUT2D eigenvalue weighted by Gasteiger charge is 2.21. The van der Waals surface area contributed by atoms with E-state index in [0.29, 0.717) is 22.4 Å². The molecule has 0 saturated heterocycles. The Morgan fingerprint density at radius 1 is 1.06 bits per heavy atom. The maximum absolute atomic E-state index is 14.2. The molecular weight excluding hydrogens is 497 g/mol. The fourth-order valence-electron chi connectivity index (χ4n) is 3.29. The number of hydrogen-bond acceptors (Lipinski definition) is 7. The van der Waals surface area contributed by atoms with Crippen molar-refractivity contribution >= 4 is 55.4 Å². The van der Waals surface area contributed by atoms with Crippen molar-refractivity contribution in [3.05, 3.63) is 81.8 Å². The van der Waals surface area contributed by atoms with Gasteiger partial charge in [0.05, 0.1) is 16.0 Å². The van der Waals surface area contributed by atoms with E-state index in [1.807, 2.05) is 4.72 Å². The molecule has 0 saturated carbocycles. The van der Waals surface area contributed by atoms with Gasteiger partial charge < -0.3 is 16.4 Å². The van der Waals surface area contributed by atoms with Crippen molar-refractivity contribution < 1.29 is 22.4 Å². The Bertz CT molecular complexity index is 1630. The first-order valence-corrected chi connectivity index (χ1v) is 12.3. The Morgan fingerprint density at radius 2 is 1.77 bits per heavy atom. The number of carbonyl (C=O) groups excluding carboxylic acids is 2. The first-order chi connectivity index (χ1) is 16.6. The van der Waals surface area contributed by atoms with Gasteiger partial charge in [-0.2, -0.15) is 0 Å². The number of nitrogens with one attached hydrogen (secondary N) is 3. The summed E-state index contributed by atoms with van der Waals surface area (Å²) in [5, 5.41) is 5.87. The molecule has 5 N–H and O–H groups in total. The van der Waals surface area contributed by atoms with Gasteiger partial charge in [0.1, 0.15) is 10.0 Å². The lowest BCUT2D eigenvalue weighted by Crippen LogP contribution is -2.33. The van der Waals surface area contributed by atoms with E-state index in [4.69, 9.17) is 5.73 Å². The maximum Gasteiger partial charge on any atom is 0.333 e. The van der Waals surface area contributed by atoms with Crippen molar-refractivity contribution in [2.24, 2.45) is 5.73 Å². The Morgan fingerprint density at radius 3 is 2.40 bits per heavy atom. The average Bonchev–Trinajstić information content (AvgIpc) is 3.32. The van der Waals surface area contributed by atoms with Crippen LogP contribution >= 0.6 is 11.3 Å². The maximum atomic E-state index is 14.2. The normalized spacial score (nSPS) is 11.3. The molecule has 10 nitrogen and oxygen atoms in total. The Kier molecular flexibility index (Phi) is 6.28. The number of nitrogens with two attached hydrogens (primary N) is 1. The van der Waals surface area contributed by atoms with Crippen LogP contribution in [-0.2, 0) is 10.0 Å². The van der Waals surface area contributed by atoms with Crippen LogP contribution in [0.15, 0.2) is 69.8 Å². The Labute approximate surface area is 202 Å². The largest absolute Gasteiger partial charge is 0.386 e. The lowest BCUT2D eigenvalue weighted by atomic mass is 10.1. The topological polar surface area (TPSA) is 152 Å². The van der Waals surface area contributed by atoms with Gasteiger partial charge in [-0.15, -0.1) is 11.3 Å². The van der Waals surface area contributed by atoms with E-state index in [-0.39, 0.29) is 25.8 Å². The minimum absolute atomic E-state index is 0.0375. The summed E-state index contributed by atoms with van der Waals surface area (Å²) in [4.78, 5) is 36.3. The first kappa shape index (κ1) is 23.9. The van der Waals surface area contributed by atoms with E-state index in [1.165, 1.54) is 47.0 Å². The van der Waals surface area contributed by atoms with Crippen LogP contribution in [0.4, 0.5) is 20.6 Å². The minimum atomic E-state index is -4.21. The Hall–Kier alpha value is -4.23. The predicted octanol–water partition coefficient (Wildman–Crippen LogP) is 2.84. The van der Waals surface area contributed by atoms with Crippen molar-refractivity contribution in [3.8, 4) is 5.69 Å². The zero-order valence-electron chi connectivity index (χ0n) is 18.0. The molecule has 2 heterocycles. The van der Waals surface area contributed by atoms with Crippen molar-refractivity contribution in [2.75, 3.05) is 17.7 Å². The third kappa shape index (κ3) is 4.85. The lowest BCUT2D eigenvalue weighted by Gasteiger charge is -2.11. The number of amides is 3. The number of primary amides is 1. The molecule has 2 aromatic carbocycles. The molecule has 0 bridgehead atoms. The number of sulfonamides is 1. The molecule has 0 unspecified atom stereocenters. The summed E-state index contributed by atoms with van der Waals surface area (Å²) >= 11 is 0.636. The molecule has 3 amide bonds. The summed E-state index contributed by atoms with van der Waals surface area (Å²) in [6.45, 7) is 0. The number of aromatic nitrogens is 1. The van der Waals surface area contributed by atoms with Crippen molar-refractivity contribution in [1.82, 2.24) is 9.29 Å². The number of hydrogen-bond donors (Lipinski definition) is 4. The zero-order chi connectivity index (χ0) is 25.3. The molecule has 0 spiro atoms. The summed E-state index contributed by atoms with van der Waals surface area (Å²) in [6.07, 6.45) is 1.55. The van der Waals surface area contributed by atoms with E-state index in [9.17, 15) is 27.2 Å². The molecule has 13 heteroatoms. The zero-order valence-corrected chi connectivity index (χ0v) is 19.7. The highest BCUT2D eigenvalue weighted by molar-refractivity contribution is 7.92. The third-order valence-electron chi connectivity index (χ3n) is 4.98. The van der Waals surface area contributed by atoms with Crippen LogP contribution in [0.25, 0.3) is 16.5 Å². The number of urea groups is 1. The van der Waals surface area contributed by atoms with Crippen LogP contribution in [0.5, 0.6) is 0 Å². The number of anilines is 2. The lowest BCUT2D eigenvalue weighted by molar-refractivity contribution is 0.100. The monoisotopic (exact) mass is 515 g/mol. The number of pyridine rings is 1. The molecule has 0 aliphatic carbocycles. The summed E-state index contributed by atoms with van der Waals surface area (Å²) in [5.41, 5.74) is 5.67. The van der Waals surface area contributed by atoms with Gasteiger partial charge in [0, 0.05) is 24.6 Å². The van der Waals surface area contributed by atoms with Crippen molar-refractivity contribution in [3.63, 3.8) is 0 Å². The van der Waals surface area contributed by atoms with Crippen LogP contribution in [0.3, 0.4) is 0 Å².